The first-order valence-corrected chi connectivity index (χ1v) is 12.4. The molecule has 8 heteroatoms. The third-order valence-electron chi connectivity index (χ3n) is 5.36. The summed E-state index contributed by atoms with van der Waals surface area (Å²) in [5.74, 6) is 0.401. The molecule has 0 N–H and O–H groups in total. The molecule has 0 spiro atoms. The number of fused-ring (bicyclic) bond motifs is 1. The van der Waals surface area contributed by atoms with Crippen LogP contribution >= 0.6 is 11.3 Å². The first kappa shape index (κ1) is 21.1. The number of hydrogen-bond donors (Lipinski definition) is 0. The molecule has 0 bridgehead atoms. The first-order chi connectivity index (χ1) is 14.4. The number of aryl methyl sites for hydroxylation is 2. The molecule has 0 unspecified atom stereocenters. The van der Waals surface area contributed by atoms with Crippen molar-refractivity contribution in [1.82, 2.24) is 9.29 Å². The summed E-state index contributed by atoms with van der Waals surface area (Å²) in [5, 5.41) is 0.658. The van der Waals surface area contributed by atoms with Gasteiger partial charge in [0, 0.05) is 13.1 Å². The number of ether oxygens (including phenoxy) is 2. The molecule has 160 valence electrons. The van der Waals surface area contributed by atoms with E-state index in [1.807, 2.05) is 6.92 Å². The highest BCUT2D eigenvalue weighted by Gasteiger charge is 2.32. The molecular formula is C22H26N2O4S2. The van der Waals surface area contributed by atoms with Crippen molar-refractivity contribution < 1.29 is 17.9 Å². The summed E-state index contributed by atoms with van der Waals surface area (Å²) < 4.78 is 40.6. The van der Waals surface area contributed by atoms with Crippen molar-refractivity contribution in [3.8, 4) is 10.9 Å². The van der Waals surface area contributed by atoms with Crippen LogP contribution < -0.4 is 9.47 Å². The molecule has 1 fully saturated rings. The van der Waals surface area contributed by atoms with E-state index in [0.29, 0.717) is 43.5 Å². The van der Waals surface area contributed by atoms with Crippen molar-refractivity contribution in [2.24, 2.45) is 0 Å². The highest BCUT2D eigenvalue weighted by atomic mass is 32.2. The molecule has 0 saturated carbocycles. The van der Waals surface area contributed by atoms with Gasteiger partial charge in [0.25, 0.3) is 5.19 Å². The lowest BCUT2D eigenvalue weighted by atomic mass is 10.1. The van der Waals surface area contributed by atoms with Gasteiger partial charge in [-0.2, -0.15) is 4.31 Å². The van der Waals surface area contributed by atoms with Gasteiger partial charge in [-0.05, 0) is 56.9 Å². The molecule has 1 aliphatic rings. The van der Waals surface area contributed by atoms with Gasteiger partial charge in [0.15, 0.2) is 0 Å². The number of sulfonamides is 1. The largest absolute Gasteiger partial charge is 0.492 e. The van der Waals surface area contributed by atoms with Crippen LogP contribution in [0.4, 0.5) is 0 Å². The Morgan fingerprint density at radius 1 is 1.10 bits per heavy atom. The monoisotopic (exact) mass is 446 g/mol. The Hall–Kier alpha value is -2.16. The van der Waals surface area contributed by atoms with E-state index in [2.05, 4.69) is 31.0 Å². The third-order valence-corrected chi connectivity index (χ3v) is 8.38. The van der Waals surface area contributed by atoms with Crippen molar-refractivity contribution in [2.75, 3.05) is 19.7 Å². The Morgan fingerprint density at radius 2 is 1.80 bits per heavy atom. The van der Waals surface area contributed by atoms with Crippen molar-refractivity contribution >= 4 is 31.6 Å². The Kier molecular flexibility index (Phi) is 5.99. The third kappa shape index (κ3) is 4.04. The average Bonchev–Trinajstić information content (AvgIpc) is 3.17. The van der Waals surface area contributed by atoms with Crippen LogP contribution in [0.3, 0.4) is 0 Å². The maximum Gasteiger partial charge on any atom is 0.274 e. The van der Waals surface area contributed by atoms with E-state index in [0.717, 1.165) is 15.8 Å². The summed E-state index contributed by atoms with van der Waals surface area (Å²) in [4.78, 5) is 4.89. The van der Waals surface area contributed by atoms with E-state index in [4.69, 9.17) is 9.47 Å². The summed E-state index contributed by atoms with van der Waals surface area (Å²) in [6.45, 7) is 7.22. The summed E-state index contributed by atoms with van der Waals surface area (Å²) in [6, 6.07) is 11.0. The first-order valence-electron chi connectivity index (χ1n) is 10.2. The van der Waals surface area contributed by atoms with Gasteiger partial charge in [-0.1, -0.05) is 35.6 Å². The Bertz CT molecular complexity index is 1110. The molecule has 4 rings (SSSR count). The number of aromatic nitrogens is 1. The van der Waals surface area contributed by atoms with Crippen molar-refractivity contribution in [1.29, 1.82) is 0 Å². The highest BCUT2D eigenvalue weighted by molar-refractivity contribution is 7.89. The molecule has 2 heterocycles. The molecule has 3 aromatic rings. The SMILES string of the molecule is CCOc1ccccc1S(=O)(=O)N1CCC(Oc2nc3c(C)ccc(C)c3s2)CC1. The molecule has 0 atom stereocenters. The lowest BCUT2D eigenvalue weighted by molar-refractivity contribution is 0.135. The normalized spacial score (nSPS) is 16.1. The Balaban J connectivity index is 1.45. The number of hydrogen-bond acceptors (Lipinski definition) is 6. The molecule has 2 aromatic carbocycles. The number of nitrogens with zero attached hydrogens (tertiary/aromatic N) is 2. The van der Waals surface area contributed by atoms with E-state index in [1.54, 1.807) is 35.6 Å². The summed E-state index contributed by atoms with van der Waals surface area (Å²) in [6.07, 6.45) is 1.22. The van der Waals surface area contributed by atoms with Gasteiger partial charge >= 0.3 is 0 Å². The zero-order valence-electron chi connectivity index (χ0n) is 17.4. The second-order valence-electron chi connectivity index (χ2n) is 7.46. The number of para-hydroxylation sites is 1. The zero-order valence-corrected chi connectivity index (χ0v) is 19.1. The van der Waals surface area contributed by atoms with Gasteiger partial charge < -0.3 is 9.47 Å². The van der Waals surface area contributed by atoms with Gasteiger partial charge in [0.05, 0.1) is 16.8 Å². The Morgan fingerprint density at radius 3 is 2.50 bits per heavy atom. The minimum absolute atomic E-state index is 0.0419. The number of rotatable bonds is 6. The fraction of sp³-hybridized carbons (Fsp3) is 0.409. The molecule has 1 saturated heterocycles. The minimum atomic E-state index is -3.60. The minimum Gasteiger partial charge on any atom is -0.492 e. The number of benzene rings is 2. The molecule has 6 nitrogen and oxygen atoms in total. The molecular weight excluding hydrogens is 420 g/mol. The topological polar surface area (TPSA) is 68.7 Å². The average molecular weight is 447 g/mol. The number of piperidine rings is 1. The quantitative estimate of drug-likeness (QED) is 0.556. The zero-order chi connectivity index (χ0) is 21.3. The van der Waals surface area contributed by atoms with Crippen LogP contribution in [0.25, 0.3) is 10.2 Å². The molecule has 1 aliphatic heterocycles. The second-order valence-corrected chi connectivity index (χ2v) is 10.3. The van der Waals surface area contributed by atoms with Crippen LogP contribution in [0.15, 0.2) is 41.3 Å². The van der Waals surface area contributed by atoms with Crippen LogP contribution in [0.2, 0.25) is 0 Å². The van der Waals surface area contributed by atoms with Gasteiger partial charge in [0.2, 0.25) is 10.0 Å². The maximum absolute atomic E-state index is 13.1. The highest BCUT2D eigenvalue weighted by Crippen LogP contribution is 2.34. The van der Waals surface area contributed by atoms with E-state index in [1.165, 1.54) is 9.87 Å². The standard InChI is InChI=1S/C22H26N2O4S2/c1-4-27-18-7-5-6-8-19(18)30(25,26)24-13-11-17(12-14-24)28-22-23-20-15(2)9-10-16(3)21(20)29-22/h5-10,17H,4,11-14H2,1-3H3. The predicted molar refractivity (Wildman–Crippen MR) is 119 cm³/mol. The molecule has 30 heavy (non-hydrogen) atoms. The van der Waals surface area contributed by atoms with E-state index >= 15 is 0 Å². The van der Waals surface area contributed by atoms with Crippen LogP contribution in [-0.2, 0) is 10.0 Å². The summed E-state index contributed by atoms with van der Waals surface area (Å²) >= 11 is 1.56. The van der Waals surface area contributed by atoms with Crippen LogP contribution in [0, 0.1) is 13.8 Å². The van der Waals surface area contributed by atoms with Gasteiger partial charge in [-0.15, -0.1) is 0 Å². The van der Waals surface area contributed by atoms with Crippen molar-refractivity contribution in [3.05, 3.63) is 47.5 Å². The maximum atomic E-state index is 13.1. The van der Waals surface area contributed by atoms with Gasteiger partial charge in [-0.3, -0.25) is 0 Å². The van der Waals surface area contributed by atoms with Gasteiger partial charge in [0.1, 0.15) is 16.7 Å². The van der Waals surface area contributed by atoms with Crippen LogP contribution in [0.5, 0.6) is 10.9 Å². The molecule has 0 radical (unpaired) electrons. The van der Waals surface area contributed by atoms with E-state index < -0.39 is 10.0 Å². The lowest BCUT2D eigenvalue weighted by Crippen LogP contribution is -2.41. The summed E-state index contributed by atoms with van der Waals surface area (Å²) in [7, 11) is -3.60. The Labute approximate surface area is 181 Å². The fourth-order valence-corrected chi connectivity index (χ4v) is 6.33. The van der Waals surface area contributed by atoms with Crippen LogP contribution in [0.1, 0.15) is 30.9 Å². The molecule has 0 aliphatic carbocycles. The van der Waals surface area contributed by atoms with E-state index in [9.17, 15) is 8.42 Å². The van der Waals surface area contributed by atoms with Crippen molar-refractivity contribution in [2.45, 2.75) is 44.6 Å². The molecule has 1 aromatic heterocycles. The smallest absolute Gasteiger partial charge is 0.274 e. The second kappa shape index (κ2) is 8.53. The fourth-order valence-electron chi connectivity index (χ4n) is 3.70. The molecule has 0 amide bonds. The number of thiazole rings is 1. The van der Waals surface area contributed by atoms with Crippen LogP contribution in [-0.4, -0.2) is 43.5 Å². The predicted octanol–water partition coefficient (Wildman–Crippen LogP) is 4.54. The lowest BCUT2D eigenvalue weighted by Gasteiger charge is -2.31. The van der Waals surface area contributed by atoms with E-state index in [-0.39, 0.29) is 11.0 Å². The summed E-state index contributed by atoms with van der Waals surface area (Å²) in [5.41, 5.74) is 3.31. The van der Waals surface area contributed by atoms with Crippen molar-refractivity contribution in [3.63, 3.8) is 0 Å². The van der Waals surface area contributed by atoms with Gasteiger partial charge in [-0.25, -0.2) is 13.4 Å².